The van der Waals surface area contributed by atoms with Crippen LogP contribution in [0.4, 0.5) is 5.69 Å². The zero-order chi connectivity index (χ0) is 16.3. The molecular formula is C15H19N3O3S. The summed E-state index contributed by atoms with van der Waals surface area (Å²) >= 11 is 1.17. The van der Waals surface area contributed by atoms with Gasteiger partial charge in [0, 0.05) is 5.69 Å². The first kappa shape index (κ1) is 16.4. The van der Waals surface area contributed by atoms with E-state index in [4.69, 9.17) is 0 Å². The van der Waals surface area contributed by atoms with Gasteiger partial charge in [-0.3, -0.25) is 4.79 Å². The van der Waals surface area contributed by atoms with Crippen LogP contribution in [0.2, 0.25) is 0 Å². The molecule has 1 N–H and O–H groups in total. The lowest BCUT2D eigenvalue weighted by atomic mass is 10.1. The number of carbonyl (C=O) groups is 1. The molecule has 1 unspecified atom stereocenters. The van der Waals surface area contributed by atoms with Gasteiger partial charge >= 0.3 is 0 Å². The predicted octanol–water partition coefficient (Wildman–Crippen LogP) is 1.70. The average molecular weight is 321 g/mol. The van der Waals surface area contributed by atoms with E-state index in [9.17, 15) is 9.90 Å². The highest BCUT2D eigenvalue weighted by Crippen LogP contribution is 2.28. The summed E-state index contributed by atoms with van der Waals surface area (Å²) in [7, 11) is 1.61. The lowest BCUT2D eigenvalue weighted by molar-refractivity contribution is -0.772. The Labute approximate surface area is 133 Å². The normalized spacial score (nSPS) is 12.2. The molecule has 6 nitrogen and oxygen atoms in total. The first-order chi connectivity index (χ1) is 10.4. The van der Waals surface area contributed by atoms with Crippen LogP contribution in [0.1, 0.15) is 24.5 Å². The van der Waals surface area contributed by atoms with E-state index < -0.39 is 5.95 Å². The lowest BCUT2D eigenvalue weighted by Crippen LogP contribution is -2.34. The number of nitrogens with zero attached hydrogens (tertiary/aromatic N) is 2. The molecule has 0 spiro atoms. The van der Waals surface area contributed by atoms with Gasteiger partial charge in [-0.2, -0.15) is 0 Å². The molecule has 0 aliphatic rings. The van der Waals surface area contributed by atoms with Gasteiger partial charge in [0.15, 0.2) is 13.0 Å². The zero-order valence-electron chi connectivity index (χ0n) is 13.0. The van der Waals surface area contributed by atoms with Crippen molar-refractivity contribution in [3.05, 3.63) is 29.3 Å². The molecule has 0 aliphatic carbocycles. The predicted molar refractivity (Wildman–Crippen MR) is 81.6 cm³/mol. The number of hydrogen-bond acceptors (Lipinski definition) is 5. The summed E-state index contributed by atoms with van der Waals surface area (Å²) in [6.07, 6.45) is 0.589. The minimum atomic E-state index is -0.523. The largest absolute Gasteiger partial charge is 0.538 e. The number of aryl methyl sites for hydroxylation is 3. The zero-order valence-corrected chi connectivity index (χ0v) is 13.9. The SMILES string of the molecule is CCC(Sc1c([O-])on[n+]1C)C(=O)Nc1cc(C)cc(C)c1. The summed E-state index contributed by atoms with van der Waals surface area (Å²) in [5.74, 6) is -0.664. The van der Waals surface area contributed by atoms with Crippen molar-refractivity contribution in [2.75, 3.05) is 5.32 Å². The van der Waals surface area contributed by atoms with Crippen molar-refractivity contribution >= 4 is 23.4 Å². The number of rotatable bonds is 5. The van der Waals surface area contributed by atoms with E-state index in [-0.39, 0.29) is 11.2 Å². The number of carbonyl (C=O) groups excluding carboxylic acids is 1. The minimum absolute atomic E-state index is 0.141. The van der Waals surface area contributed by atoms with Gasteiger partial charge in [0.25, 0.3) is 5.03 Å². The minimum Gasteiger partial charge on any atom is -0.538 e. The first-order valence-electron chi connectivity index (χ1n) is 6.99. The van der Waals surface area contributed by atoms with Crippen LogP contribution >= 0.6 is 11.8 Å². The fraction of sp³-hybridized carbons (Fsp3) is 0.400. The number of hydrogen-bond donors (Lipinski definition) is 1. The molecular weight excluding hydrogens is 302 g/mol. The van der Waals surface area contributed by atoms with Crippen LogP contribution < -0.4 is 15.1 Å². The highest BCUT2D eigenvalue weighted by Gasteiger charge is 2.25. The van der Waals surface area contributed by atoms with E-state index in [0.29, 0.717) is 11.4 Å². The van der Waals surface area contributed by atoms with Crippen LogP contribution in [-0.4, -0.2) is 16.4 Å². The van der Waals surface area contributed by atoms with Gasteiger partial charge in [0.2, 0.25) is 5.91 Å². The number of amides is 1. The van der Waals surface area contributed by atoms with Crippen molar-refractivity contribution < 1.29 is 19.1 Å². The molecule has 2 rings (SSSR count). The van der Waals surface area contributed by atoms with Crippen LogP contribution in [-0.2, 0) is 11.8 Å². The molecule has 7 heteroatoms. The number of nitrogens with one attached hydrogen (secondary N) is 1. The van der Waals surface area contributed by atoms with Crippen molar-refractivity contribution in [1.29, 1.82) is 0 Å². The second kappa shape index (κ2) is 6.83. The van der Waals surface area contributed by atoms with Crippen LogP contribution in [0.3, 0.4) is 0 Å². The van der Waals surface area contributed by atoms with Crippen molar-refractivity contribution in [2.24, 2.45) is 7.05 Å². The van der Waals surface area contributed by atoms with E-state index in [1.54, 1.807) is 7.05 Å². The maximum absolute atomic E-state index is 12.4. The maximum atomic E-state index is 12.4. The lowest BCUT2D eigenvalue weighted by Gasteiger charge is -2.13. The average Bonchev–Trinajstić information content (AvgIpc) is 2.74. The molecule has 118 valence electrons. The molecule has 1 aromatic heterocycles. The van der Waals surface area contributed by atoms with Crippen molar-refractivity contribution in [3.63, 3.8) is 0 Å². The quantitative estimate of drug-likeness (QED) is 0.669. The van der Waals surface area contributed by atoms with E-state index in [0.717, 1.165) is 16.8 Å². The van der Waals surface area contributed by atoms with Crippen molar-refractivity contribution in [1.82, 2.24) is 5.27 Å². The molecule has 2 aromatic rings. The van der Waals surface area contributed by atoms with E-state index >= 15 is 0 Å². The van der Waals surface area contributed by atoms with Gasteiger partial charge in [-0.1, -0.05) is 17.7 Å². The number of thioether (sulfide) groups is 1. The molecule has 0 fully saturated rings. The molecule has 1 atom stereocenters. The molecule has 0 saturated heterocycles. The van der Waals surface area contributed by atoms with Gasteiger partial charge in [0.05, 0.1) is 10.5 Å². The Kier molecular flexibility index (Phi) is 5.07. The number of aromatic nitrogens is 2. The topological polar surface area (TPSA) is 82.1 Å². The number of anilines is 1. The molecule has 0 bridgehead atoms. The van der Waals surface area contributed by atoms with Gasteiger partial charge < -0.3 is 14.9 Å². The fourth-order valence-electron chi connectivity index (χ4n) is 2.16. The van der Waals surface area contributed by atoms with Crippen molar-refractivity contribution in [2.45, 2.75) is 37.5 Å². The molecule has 0 aliphatic heterocycles. The highest BCUT2D eigenvalue weighted by molar-refractivity contribution is 8.00. The van der Waals surface area contributed by atoms with Crippen LogP contribution in [0.15, 0.2) is 27.7 Å². The smallest absolute Gasteiger partial charge is 0.291 e. The summed E-state index contributed by atoms with van der Waals surface area (Å²) < 4.78 is 5.92. The Morgan fingerprint density at radius 2 is 2.05 bits per heavy atom. The van der Waals surface area contributed by atoms with Gasteiger partial charge in [-0.05, 0) is 55.3 Å². The monoisotopic (exact) mass is 321 g/mol. The third-order valence-corrected chi connectivity index (χ3v) is 4.61. The van der Waals surface area contributed by atoms with Crippen LogP contribution in [0.5, 0.6) is 5.95 Å². The Bertz CT molecular complexity index is 645. The molecule has 22 heavy (non-hydrogen) atoms. The van der Waals surface area contributed by atoms with E-state index in [2.05, 4.69) is 15.1 Å². The van der Waals surface area contributed by atoms with Gasteiger partial charge in [-0.25, -0.2) is 0 Å². The summed E-state index contributed by atoms with van der Waals surface area (Å²) in [4.78, 5) is 12.4. The Morgan fingerprint density at radius 1 is 1.41 bits per heavy atom. The van der Waals surface area contributed by atoms with E-state index in [1.165, 1.54) is 16.4 Å². The maximum Gasteiger partial charge on any atom is 0.291 e. The Balaban J connectivity index is 2.12. The van der Waals surface area contributed by atoms with Crippen LogP contribution in [0, 0.1) is 13.8 Å². The standard InChI is InChI=1S/C15H19N3O3S/c1-5-12(22-14-15(20)21-17-18(14)4)13(19)16-11-7-9(2)6-10(3)8-11/h6-8,12H,5H2,1-4H3,(H-,16,17,19,20). The summed E-state index contributed by atoms with van der Waals surface area (Å²) in [6, 6.07) is 5.88. The first-order valence-corrected chi connectivity index (χ1v) is 7.87. The molecule has 0 saturated carbocycles. The second-order valence-corrected chi connectivity index (χ2v) is 6.36. The van der Waals surface area contributed by atoms with E-state index in [1.807, 2.05) is 39.0 Å². The third-order valence-electron chi connectivity index (χ3n) is 3.12. The summed E-state index contributed by atoms with van der Waals surface area (Å²) in [5.41, 5.74) is 2.94. The Hall–Kier alpha value is -2.02. The molecule has 0 radical (unpaired) electrons. The Morgan fingerprint density at radius 3 is 2.55 bits per heavy atom. The van der Waals surface area contributed by atoms with Gasteiger partial charge in [0.1, 0.15) is 0 Å². The van der Waals surface area contributed by atoms with Crippen LogP contribution in [0.25, 0.3) is 0 Å². The molecule has 1 amide bonds. The second-order valence-electron chi connectivity index (χ2n) is 5.17. The third kappa shape index (κ3) is 3.79. The fourth-order valence-corrected chi connectivity index (χ4v) is 3.08. The molecule has 1 heterocycles. The summed E-state index contributed by atoms with van der Waals surface area (Å²) in [5, 5.41) is 17.9. The number of benzene rings is 1. The van der Waals surface area contributed by atoms with Crippen molar-refractivity contribution in [3.8, 4) is 5.95 Å². The highest BCUT2D eigenvalue weighted by atomic mass is 32.2. The summed E-state index contributed by atoms with van der Waals surface area (Å²) in [6.45, 7) is 5.86. The molecule has 1 aromatic carbocycles. The van der Waals surface area contributed by atoms with Gasteiger partial charge in [-0.15, -0.1) is 0 Å².